The average molecular weight is 492 g/mol. The second-order valence-corrected chi connectivity index (χ2v) is 8.92. The molecular formula is C21H19Cl2N5O3S. The van der Waals surface area contributed by atoms with Gasteiger partial charge in [-0.1, -0.05) is 35.0 Å². The second kappa shape index (κ2) is 9.81. The summed E-state index contributed by atoms with van der Waals surface area (Å²) < 4.78 is 1.91. The Balaban J connectivity index is 1.35. The summed E-state index contributed by atoms with van der Waals surface area (Å²) in [7, 11) is 0. The maximum Gasteiger partial charge on any atom is 0.294 e. The Morgan fingerprint density at radius 3 is 2.44 bits per heavy atom. The van der Waals surface area contributed by atoms with E-state index in [1.807, 2.05) is 27.8 Å². The lowest BCUT2D eigenvalue weighted by atomic mass is 10.2. The standard InChI is InChI=1S/C21H19Cl2N5O3S/c22-15-1-4-17(5-2-15)27-8-7-24-21(27)32-14-20(29)26-11-9-25(10-12-26)18-6-3-16(23)13-19(18)28(30)31/h1-8,13H,9-12,14H2. The summed E-state index contributed by atoms with van der Waals surface area (Å²) in [5.41, 5.74) is 1.41. The number of rotatable bonds is 6. The first-order valence-electron chi connectivity index (χ1n) is 9.81. The van der Waals surface area contributed by atoms with Crippen LogP contribution in [0.15, 0.2) is 60.0 Å². The summed E-state index contributed by atoms with van der Waals surface area (Å²) in [5, 5.41) is 13.1. The molecule has 1 aliphatic heterocycles. The van der Waals surface area contributed by atoms with Crippen molar-refractivity contribution < 1.29 is 9.72 Å². The van der Waals surface area contributed by atoms with Gasteiger partial charge < -0.3 is 9.80 Å². The molecular weight excluding hydrogens is 473 g/mol. The van der Waals surface area contributed by atoms with E-state index in [-0.39, 0.29) is 17.3 Å². The van der Waals surface area contributed by atoms with Gasteiger partial charge in [-0.15, -0.1) is 0 Å². The van der Waals surface area contributed by atoms with Crippen LogP contribution < -0.4 is 4.90 Å². The van der Waals surface area contributed by atoms with Gasteiger partial charge in [-0.25, -0.2) is 4.98 Å². The summed E-state index contributed by atoms with van der Waals surface area (Å²) in [5.74, 6) is 0.261. The maximum atomic E-state index is 12.8. The smallest absolute Gasteiger partial charge is 0.294 e. The molecule has 2 heterocycles. The fraction of sp³-hybridized carbons (Fsp3) is 0.238. The number of amides is 1. The van der Waals surface area contributed by atoms with Crippen molar-refractivity contribution in [2.45, 2.75) is 5.16 Å². The minimum Gasteiger partial charge on any atom is -0.362 e. The first-order valence-corrected chi connectivity index (χ1v) is 11.6. The Labute approximate surface area is 198 Å². The van der Waals surface area contributed by atoms with Gasteiger partial charge in [-0.05, 0) is 36.4 Å². The highest BCUT2D eigenvalue weighted by Gasteiger charge is 2.26. The lowest BCUT2D eigenvalue weighted by Crippen LogP contribution is -2.49. The van der Waals surface area contributed by atoms with Gasteiger partial charge >= 0.3 is 0 Å². The van der Waals surface area contributed by atoms with E-state index in [1.165, 1.54) is 17.8 Å². The van der Waals surface area contributed by atoms with Gasteiger partial charge in [0.25, 0.3) is 5.69 Å². The molecule has 0 aliphatic carbocycles. The third-order valence-corrected chi connectivity index (χ3v) is 6.58. The number of nitro groups is 1. The van der Waals surface area contributed by atoms with Crippen LogP contribution in [0.2, 0.25) is 10.0 Å². The van der Waals surface area contributed by atoms with Crippen molar-refractivity contribution in [2.24, 2.45) is 0 Å². The van der Waals surface area contributed by atoms with Crippen LogP contribution >= 0.6 is 35.0 Å². The molecule has 3 aromatic rings. The third-order valence-electron chi connectivity index (χ3n) is 5.14. The summed E-state index contributed by atoms with van der Waals surface area (Å²) in [6.45, 7) is 2.01. The summed E-state index contributed by atoms with van der Waals surface area (Å²) in [6, 6.07) is 12.1. The number of piperazine rings is 1. The highest BCUT2D eigenvalue weighted by molar-refractivity contribution is 7.99. The van der Waals surface area contributed by atoms with Crippen molar-refractivity contribution in [3.8, 4) is 5.69 Å². The molecule has 0 N–H and O–H groups in total. The fourth-order valence-corrected chi connectivity index (χ4v) is 4.69. The topological polar surface area (TPSA) is 84.5 Å². The molecule has 11 heteroatoms. The van der Waals surface area contributed by atoms with Gasteiger partial charge in [-0.3, -0.25) is 19.5 Å². The van der Waals surface area contributed by atoms with Crippen LogP contribution in [0, 0.1) is 10.1 Å². The highest BCUT2D eigenvalue weighted by atomic mass is 35.5. The zero-order chi connectivity index (χ0) is 22.7. The Bertz CT molecular complexity index is 1130. The molecule has 1 amide bonds. The van der Waals surface area contributed by atoms with Crippen LogP contribution in [-0.4, -0.2) is 57.2 Å². The number of aromatic nitrogens is 2. The number of imidazole rings is 1. The summed E-state index contributed by atoms with van der Waals surface area (Å²) in [6.07, 6.45) is 3.53. The zero-order valence-electron chi connectivity index (χ0n) is 16.9. The predicted molar refractivity (Wildman–Crippen MR) is 126 cm³/mol. The third kappa shape index (κ3) is 5.01. The molecule has 0 atom stereocenters. The minimum atomic E-state index is -0.432. The molecule has 2 aromatic carbocycles. The molecule has 1 aromatic heterocycles. The van der Waals surface area contributed by atoms with Gasteiger partial charge in [0.05, 0.1) is 10.7 Å². The molecule has 8 nitrogen and oxygen atoms in total. The number of carbonyl (C=O) groups is 1. The fourth-order valence-electron chi connectivity index (χ4n) is 3.52. The van der Waals surface area contributed by atoms with Gasteiger partial charge in [0.2, 0.25) is 5.91 Å². The normalized spacial score (nSPS) is 13.9. The Morgan fingerprint density at radius 1 is 1.06 bits per heavy atom. The first-order chi connectivity index (χ1) is 15.4. The second-order valence-electron chi connectivity index (χ2n) is 7.10. The number of halogens is 2. The molecule has 166 valence electrons. The zero-order valence-corrected chi connectivity index (χ0v) is 19.2. The number of thioether (sulfide) groups is 1. The predicted octanol–water partition coefficient (Wildman–Crippen LogP) is 4.53. The summed E-state index contributed by atoms with van der Waals surface area (Å²) in [4.78, 5) is 31.7. The monoisotopic (exact) mass is 491 g/mol. The van der Waals surface area contributed by atoms with Crippen LogP contribution in [0.3, 0.4) is 0 Å². The molecule has 32 heavy (non-hydrogen) atoms. The van der Waals surface area contributed by atoms with E-state index in [1.54, 1.807) is 35.4 Å². The van der Waals surface area contributed by atoms with Crippen LogP contribution in [0.5, 0.6) is 0 Å². The average Bonchev–Trinajstić information content (AvgIpc) is 3.26. The summed E-state index contributed by atoms with van der Waals surface area (Å²) >= 11 is 13.2. The Morgan fingerprint density at radius 2 is 1.75 bits per heavy atom. The van der Waals surface area contributed by atoms with Gasteiger partial charge in [0, 0.05) is 60.4 Å². The number of benzene rings is 2. The van der Waals surface area contributed by atoms with Crippen molar-refractivity contribution in [3.05, 3.63) is 75.0 Å². The van der Waals surface area contributed by atoms with E-state index in [4.69, 9.17) is 23.2 Å². The van der Waals surface area contributed by atoms with E-state index >= 15 is 0 Å². The van der Waals surface area contributed by atoms with Crippen LogP contribution in [0.25, 0.3) is 5.69 Å². The van der Waals surface area contributed by atoms with Crippen molar-refractivity contribution in [3.63, 3.8) is 0 Å². The van der Waals surface area contributed by atoms with Crippen LogP contribution in [-0.2, 0) is 4.79 Å². The minimum absolute atomic E-state index is 0.00547. The number of anilines is 1. The Kier molecular flexibility index (Phi) is 6.88. The van der Waals surface area contributed by atoms with Crippen molar-refractivity contribution in [1.29, 1.82) is 0 Å². The highest BCUT2D eigenvalue weighted by Crippen LogP contribution is 2.31. The molecule has 0 bridgehead atoms. The molecule has 1 saturated heterocycles. The largest absolute Gasteiger partial charge is 0.362 e. The lowest BCUT2D eigenvalue weighted by Gasteiger charge is -2.35. The quantitative estimate of drug-likeness (QED) is 0.286. The number of nitrogens with zero attached hydrogens (tertiary/aromatic N) is 5. The lowest BCUT2D eigenvalue weighted by molar-refractivity contribution is -0.384. The first kappa shape index (κ1) is 22.4. The molecule has 0 spiro atoms. The number of nitro benzene ring substituents is 1. The van der Waals surface area contributed by atoms with E-state index in [0.717, 1.165) is 10.8 Å². The van der Waals surface area contributed by atoms with Crippen LogP contribution in [0.1, 0.15) is 0 Å². The van der Waals surface area contributed by atoms with E-state index < -0.39 is 4.92 Å². The van der Waals surface area contributed by atoms with Crippen molar-refractivity contribution in [1.82, 2.24) is 14.5 Å². The van der Waals surface area contributed by atoms with Gasteiger partial charge in [0.1, 0.15) is 5.69 Å². The van der Waals surface area contributed by atoms with Crippen molar-refractivity contribution >= 4 is 52.2 Å². The Hall–Kier alpha value is -2.75. The van der Waals surface area contributed by atoms with E-state index in [0.29, 0.717) is 41.9 Å². The number of hydrogen-bond donors (Lipinski definition) is 0. The van der Waals surface area contributed by atoms with E-state index in [9.17, 15) is 14.9 Å². The van der Waals surface area contributed by atoms with Crippen LogP contribution in [0.4, 0.5) is 11.4 Å². The number of hydrogen-bond acceptors (Lipinski definition) is 6. The molecule has 0 unspecified atom stereocenters. The number of carbonyl (C=O) groups excluding carboxylic acids is 1. The molecule has 4 rings (SSSR count). The maximum absolute atomic E-state index is 12.8. The van der Waals surface area contributed by atoms with Gasteiger partial charge in [-0.2, -0.15) is 0 Å². The molecule has 1 aliphatic rings. The molecule has 0 saturated carbocycles. The SMILES string of the molecule is O=C(CSc1nccn1-c1ccc(Cl)cc1)N1CCN(c2ccc(Cl)cc2[N+](=O)[O-])CC1. The van der Waals surface area contributed by atoms with Gasteiger partial charge in [0.15, 0.2) is 5.16 Å². The molecule has 1 fully saturated rings. The van der Waals surface area contributed by atoms with E-state index in [2.05, 4.69) is 4.98 Å². The van der Waals surface area contributed by atoms with Crippen molar-refractivity contribution in [2.75, 3.05) is 36.8 Å². The molecule has 0 radical (unpaired) electrons.